The molecule has 0 aliphatic carbocycles. The van der Waals surface area contributed by atoms with Gasteiger partial charge in [0.15, 0.2) is 6.10 Å². The molecule has 0 heterocycles. The van der Waals surface area contributed by atoms with E-state index in [1.165, 1.54) is 6.07 Å². The van der Waals surface area contributed by atoms with Crippen LogP contribution >= 0.6 is 23.2 Å². The quantitative estimate of drug-likeness (QED) is 0.264. The maximum atomic E-state index is 12.9. The van der Waals surface area contributed by atoms with Crippen LogP contribution in [0, 0.1) is 5.92 Å². The minimum atomic E-state index is -0.889. The van der Waals surface area contributed by atoms with Crippen molar-refractivity contribution in [1.29, 1.82) is 0 Å². The van der Waals surface area contributed by atoms with Crippen LogP contribution in [0.5, 0.6) is 11.5 Å². The number of carbonyl (C=O) groups excluding carboxylic acids is 2. The Labute approximate surface area is 220 Å². The van der Waals surface area contributed by atoms with Crippen molar-refractivity contribution >= 4 is 52.0 Å². The molecule has 36 heavy (non-hydrogen) atoms. The van der Waals surface area contributed by atoms with Gasteiger partial charge in [0.05, 0.1) is 18.3 Å². The molecule has 9 heteroatoms. The Balaban J connectivity index is 1.68. The third-order valence-electron chi connectivity index (χ3n) is 5.42. The molecule has 0 spiro atoms. The van der Waals surface area contributed by atoms with Gasteiger partial charge >= 0.3 is 0 Å². The number of halogens is 2. The van der Waals surface area contributed by atoms with Crippen LogP contribution in [0.1, 0.15) is 32.8 Å². The van der Waals surface area contributed by atoms with Gasteiger partial charge in [-0.15, -0.1) is 0 Å². The number of ether oxygens (including phenoxy) is 2. The number of rotatable bonds is 10. The predicted octanol–water partition coefficient (Wildman–Crippen LogP) is 5.60. The van der Waals surface area contributed by atoms with E-state index in [4.69, 9.17) is 32.7 Å². The van der Waals surface area contributed by atoms with E-state index in [0.29, 0.717) is 22.2 Å². The number of amides is 2. The Morgan fingerprint density at radius 1 is 0.972 bits per heavy atom. The standard InChI is InChI=1S/C27H29Cl2N3O4/c1-16(2)13-23(31-26(33)17(3)36-25-12-10-19(28)14-22(25)29)27(34)32-30-15-18-9-11-24(35-4)21-8-6-5-7-20(18)21/h5-12,14-17,23H,13H2,1-4H3,(H,31,33)(H,32,34)/b30-15-/t17-,23-/m1/s1. The van der Waals surface area contributed by atoms with Gasteiger partial charge in [0.1, 0.15) is 17.5 Å². The molecule has 7 nitrogen and oxygen atoms in total. The van der Waals surface area contributed by atoms with Crippen LogP contribution in [0.4, 0.5) is 0 Å². The van der Waals surface area contributed by atoms with Gasteiger partial charge in [0.2, 0.25) is 0 Å². The van der Waals surface area contributed by atoms with Crippen molar-refractivity contribution in [2.24, 2.45) is 11.0 Å². The Morgan fingerprint density at radius 3 is 2.33 bits per heavy atom. The Morgan fingerprint density at radius 2 is 1.67 bits per heavy atom. The molecule has 0 saturated heterocycles. The van der Waals surface area contributed by atoms with E-state index >= 15 is 0 Å². The van der Waals surface area contributed by atoms with Crippen molar-refractivity contribution in [3.05, 3.63) is 70.2 Å². The SMILES string of the molecule is COc1ccc(/C=N\NC(=O)[C@@H](CC(C)C)NC(=O)[C@@H](C)Oc2ccc(Cl)cc2Cl)c2ccccc12. The van der Waals surface area contributed by atoms with Crippen LogP contribution < -0.4 is 20.2 Å². The Kier molecular flexibility index (Phi) is 9.56. The fourth-order valence-electron chi connectivity index (χ4n) is 3.64. The smallest absolute Gasteiger partial charge is 0.262 e. The molecular weight excluding hydrogens is 501 g/mol. The lowest BCUT2D eigenvalue weighted by Crippen LogP contribution is -2.49. The third kappa shape index (κ3) is 7.12. The number of methoxy groups -OCH3 is 1. The van der Waals surface area contributed by atoms with E-state index in [-0.39, 0.29) is 5.92 Å². The van der Waals surface area contributed by atoms with Gasteiger partial charge in [0, 0.05) is 16.0 Å². The maximum absolute atomic E-state index is 12.9. The topological polar surface area (TPSA) is 89.0 Å². The molecule has 3 aromatic carbocycles. The summed E-state index contributed by atoms with van der Waals surface area (Å²) >= 11 is 12.0. The molecule has 0 unspecified atom stereocenters. The third-order valence-corrected chi connectivity index (χ3v) is 5.95. The second-order valence-corrected chi connectivity index (χ2v) is 9.51. The number of nitrogens with one attached hydrogen (secondary N) is 2. The number of fused-ring (bicyclic) bond motifs is 1. The second-order valence-electron chi connectivity index (χ2n) is 8.66. The van der Waals surface area contributed by atoms with Crippen molar-refractivity contribution < 1.29 is 19.1 Å². The first-order valence-electron chi connectivity index (χ1n) is 11.5. The van der Waals surface area contributed by atoms with Crippen LogP contribution in [-0.4, -0.2) is 37.3 Å². The zero-order valence-corrected chi connectivity index (χ0v) is 22.1. The number of hydrazone groups is 1. The minimum Gasteiger partial charge on any atom is -0.496 e. The average Bonchev–Trinajstić information content (AvgIpc) is 2.84. The zero-order valence-electron chi connectivity index (χ0n) is 20.5. The molecule has 0 saturated carbocycles. The monoisotopic (exact) mass is 529 g/mol. The van der Waals surface area contributed by atoms with Crippen molar-refractivity contribution in [2.75, 3.05) is 7.11 Å². The summed E-state index contributed by atoms with van der Waals surface area (Å²) in [5.74, 6) is 0.347. The molecule has 3 aromatic rings. The minimum absolute atomic E-state index is 0.150. The van der Waals surface area contributed by atoms with Crippen molar-refractivity contribution in [2.45, 2.75) is 39.3 Å². The number of benzene rings is 3. The summed E-state index contributed by atoms with van der Waals surface area (Å²) in [5.41, 5.74) is 3.36. The molecule has 0 bridgehead atoms. The van der Waals surface area contributed by atoms with E-state index in [1.807, 2.05) is 50.2 Å². The van der Waals surface area contributed by atoms with E-state index < -0.39 is 24.0 Å². The van der Waals surface area contributed by atoms with E-state index in [9.17, 15) is 9.59 Å². The molecule has 2 atom stereocenters. The molecule has 0 aromatic heterocycles. The van der Waals surface area contributed by atoms with Crippen molar-refractivity contribution in [3.63, 3.8) is 0 Å². The van der Waals surface area contributed by atoms with Gasteiger partial charge in [0.25, 0.3) is 11.8 Å². The lowest BCUT2D eigenvalue weighted by Gasteiger charge is -2.22. The summed E-state index contributed by atoms with van der Waals surface area (Å²) in [4.78, 5) is 25.7. The zero-order chi connectivity index (χ0) is 26.2. The van der Waals surface area contributed by atoms with Gasteiger partial charge in [-0.05, 0) is 55.0 Å². The predicted molar refractivity (Wildman–Crippen MR) is 144 cm³/mol. The molecule has 3 rings (SSSR count). The van der Waals surface area contributed by atoms with Crippen LogP contribution in [0.2, 0.25) is 10.0 Å². The van der Waals surface area contributed by atoms with Gasteiger partial charge in [-0.3, -0.25) is 9.59 Å². The highest BCUT2D eigenvalue weighted by atomic mass is 35.5. The second kappa shape index (κ2) is 12.6. The number of hydrogen-bond donors (Lipinski definition) is 2. The normalized spacial score (nSPS) is 13.0. The Bertz CT molecular complexity index is 1260. The van der Waals surface area contributed by atoms with Crippen molar-refractivity contribution in [1.82, 2.24) is 10.7 Å². The molecule has 190 valence electrons. The molecule has 2 N–H and O–H groups in total. The highest BCUT2D eigenvalue weighted by Crippen LogP contribution is 2.29. The van der Waals surface area contributed by atoms with E-state index in [1.54, 1.807) is 32.4 Å². The first kappa shape index (κ1) is 27.3. The number of hydrogen-bond acceptors (Lipinski definition) is 5. The molecule has 0 aliphatic heterocycles. The fraction of sp³-hybridized carbons (Fsp3) is 0.296. The van der Waals surface area contributed by atoms with Gasteiger partial charge in [-0.25, -0.2) is 5.43 Å². The van der Waals surface area contributed by atoms with Gasteiger partial charge in [-0.2, -0.15) is 5.10 Å². The number of nitrogens with zero attached hydrogens (tertiary/aromatic N) is 1. The highest BCUT2D eigenvalue weighted by molar-refractivity contribution is 6.35. The van der Waals surface area contributed by atoms with Gasteiger partial charge < -0.3 is 14.8 Å². The summed E-state index contributed by atoms with van der Waals surface area (Å²) in [6, 6.07) is 15.4. The van der Waals surface area contributed by atoms with Crippen LogP contribution in [-0.2, 0) is 9.59 Å². The first-order valence-corrected chi connectivity index (χ1v) is 12.3. The first-order chi connectivity index (χ1) is 17.2. The lowest BCUT2D eigenvalue weighted by molar-refractivity contribution is -0.132. The highest BCUT2D eigenvalue weighted by Gasteiger charge is 2.25. The average molecular weight is 530 g/mol. The molecule has 0 fully saturated rings. The fourth-order valence-corrected chi connectivity index (χ4v) is 4.09. The summed E-state index contributed by atoms with van der Waals surface area (Å²) in [6.45, 7) is 5.51. The summed E-state index contributed by atoms with van der Waals surface area (Å²) in [5, 5.41) is 9.52. The lowest BCUT2D eigenvalue weighted by atomic mass is 10.0. The van der Waals surface area contributed by atoms with Crippen molar-refractivity contribution in [3.8, 4) is 11.5 Å². The van der Waals surface area contributed by atoms with Crippen LogP contribution in [0.25, 0.3) is 10.8 Å². The summed E-state index contributed by atoms with van der Waals surface area (Å²) < 4.78 is 11.1. The molecule has 2 amide bonds. The molecule has 0 aliphatic rings. The van der Waals surface area contributed by atoms with E-state index in [2.05, 4.69) is 15.8 Å². The summed E-state index contributed by atoms with van der Waals surface area (Å²) in [6.07, 6.45) is 1.11. The molecule has 0 radical (unpaired) electrons. The largest absolute Gasteiger partial charge is 0.496 e. The van der Waals surface area contributed by atoms with Crippen LogP contribution in [0.15, 0.2) is 59.7 Å². The summed E-state index contributed by atoms with van der Waals surface area (Å²) in [7, 11) is 1.62. The Hall–Kier alpha value is -3.29. The number of carbonyl (C=O) groups is 2. The van der Waals surface area contributed by atoms with E-state index in [0.717, 1.165) is 22.1 Å². The molecular formula is C27H29Cl2N3O4. The maximum Gasteiger partial charge on any atom is 0.262 e. The van der Waals surface area contributed by atoms with Crippen LogP contribution in [0.3, 0.4) is 0 Å². The van der Waals surface area contributed by atoms with Gasteiger partial charge in [-0.1, -0.05) is 61.3 Å².